The van der Waals surface area contributed by atoms with Gasteiger partial charge in [0.05, 0.1) is 12.3 Å². The van der Waals surface area contributed by atoms with E-state index in [1.807, 2.05) is 12.3 Å². The molecule has 1 N–H and O–H groups in total. The van der Waals surface area contributed by atoms with Gasteiger partial charge in [0.15, 0.2) is 5.13 Å². The number of carbonyl (C=O) groups excluding carboxylic acids is 1. The molecule has 1 atom stereocenters. The van der Waals surface area contributed by atoms with E-state index >= 15 is 0 Å². The molecule has 112 valence electrons. The third-order valence-corrected chi connectivity index (χ3v) is 4.37. The third-order valence-electron chi connectivity index (χ3n) is 3.46. The van der Waals surface area contributed by atoms with Gasteiger partial charge in [-0.05, 0) is 25.7 Å². The molecule has 1 aromatic rings. The van der Waals surface area contributed by atoms with E-state index < -0.39 is 0 Å². The Bertz CT molecular complexity index is 430. The maximum Gasteiger partial charge on any atom is 0.225 e. The number of anilines is 1. The Hall–Kier alpha value is -0.980. The van der Waals surface area contributed by atoms with E-state index in [0.29, 0.717) is 12.5 Å². The predicted molar refractivity (Wildman–Crippen MR) is 81.1 cm³/mol. The van der Waals surface area contributed by atoms with Crippen molar-refractivity contribution in [2.45, 2.75) is 33.2 Å². The van der Waals surface area contributed by atoms with Gasteiger partial charge in [-0.2, -0.15) is 0 Å². The molecule has 2 heterocycles. The Morgan fingerprint density at radius 2 is 2.50 bits per heavy atom. The highest BCUT2D eigenvalue weighted by molar-refractivity contribution is 7.14. The summed E-state index contributed by atoms with van der Waals surface area (Å²) >= 11 is 1.53. The van der Waals surface area contributed by atoms with Crippen molar-refractivity contribution in [2.24, 2.45) is 5.92 Å². The van der Waals surface area contributed by atoms with Crippen molar-refractivity contribution in [2.75, 3.05) is 31.2 Å². The molecule has 0 aliphatic carbocycles. The molecular weight excluding hydrogens is 274 g/mol. The fourth-order valence-corrected chi connectivity index (χ4v) is 3.30. The second-order valence-electron chi connectivity index (χ2n) is 5.10. The molecule has 20 heavy (non-hydrogen) atoms. The summed E-state index contributed by atoms with van der Waals surface area (Å²) < 4.78 is 5.46. The zero-order valence-electron chi connectivity index (χ0n) is 12.2. The number of carbonyl (C=O) groups is 1. The minimum absolute atomic E-state index is 0.0423. The molecule has 1 unspecified atom stereocenters. The summed E-state index contributed by atoms with van der Waals surface area (Å²) in [5.41, 5.74) is 1.00. The quantitative estimate of drug-likeness (QED) is 0.873. The van der Waals surface area contributed by atoms with Gasteiger partial charge in [-0.15, -0.1) is 11.3 Å². The molecular formula is C14H23N3O2S. The van der Waals surface area contributed by atoms with Gasteiger partial charge < -0.3 is 10.1 Å². The first-order valence-electron chi connectivity index (χ1n) is 7.21. The van der Waals surface area contributed by atoms with E-state index in [-0.39, 0.29) is 5.91 Å². The zero-order valence-corrected chi connectivity index (χ0v) is 13.0. The van der Waals surface area contributed by atoms with Crippen LogP contribution in [0.15, 0.2) is 5.38 Å². The van der Waals surface area contributed by atoms with Crippen LogP contribution < -0.4 is 10.2 Å². The number of hydrogen-bond acceptors (Lipinski definition) is 5. The minimum Gasteiger partial charge on any atom is -0.381 e. The van der Waals surface area contributed by atoms with E-state index in [2.05, 4.69) is 10.3 Å². The Balaban J connectivity index is 1.78. The van der Waals surface area contributed by atoms with Gasteiger partial charge in [0.25, 0.3) is 0 Å². The zero-order chi connectivity index (χ0) is 14.4. The number of aromatic nitrogens is 1. The molecule has 1 saturated heterocycles. The average molecular weight is 297 g/mol. The number of rotatable bonds is 6. The van der Waals surface area contributed by atoms with Crippen LogP contribution in [0.3, 0.4) is 0 Å². The summed E-state index contributed by atoms with van der Waals surface area (Å²) in [5, 5.41) is 6.24. The van der Waals surface area contributed by atoms with Crippen LogP contribution in [0.25, 0.3) is 0 Å². The van der Waals surface area contributed by atoms with Crippen LogP contribution in [0.5, 0.6) is 0 Å². The summed E-state index contributed by atoms with van der Waals surface area (Å²) in [7, 11) is 0. The first-order chi connectivity index (χ1) is 9.70. The molecule has 0 spiro atoms. The largest absolute Gasteiger partial charge is 0.381 e. The first kappa shape index (κ1) is 15.4. The molecule has 0 saturated carbocycles. The molecule has 0 aromatic carbocycles. The highest BCUT2D eigenvalue weighted by Gasteiger charge is 2.15. The molecule has 2 rings (SSSR count). The SMILES string of the molecule is CCN(C(C)=O)c1nc(CNCC2CCCOC2)cs1. The topological polar surface area (TPSA) is 54.5 Å². The van der Waals surface area contributed by atoms with Crippen molar-refractivity contribution < 1.29 is 9.53 Å². The minimum atomic E-state index is 0.0423. The lowest BCUT2D eigenvalue weighted by atomic mass is 10.0. The fourth-order valence-electron chi connectivity index (χ4n) is 2.37. The summed E-state index contributed by atoms with van der Waals surface area (Å²) in [4.78, 5) is 17.7. The molecule has 1 aliphatic rings. The lowest BCUT2D eigenvalue weighted by molar-refractivity contribution is -0.116. The van der Waals surface area contributed by atoms with Crippen molar-refractivity contribution in [1.82, 2.24) is 10.3 Å². The Kier molecular flexibility index (Phi) is 5.94. The van der Waals surface area contributed by atoms with E-state index in [1.165, 1.54) is 17.8 Å². The predicted octanol–water partition coefficient (Wildman–Crippen LogP) is 2.03. The Morgan fingerprint density at radius 3 is 3.15 bits per heavy atom. The van der Waals surface area contributed by atoms with Crippen LogP contribution in [0, 0.1) is 5.92 Å². The number of thiazole rings is 1. The van der Waals surface area contributed by atoms with E-state index in [4.69, 9.17) is 4.74 Å². The molecule has 0 radical (unpaired) electrons. The monoisotopic (exact) mass is 297 g/mol. The number of amides is 1. The van der Waals surface area contributed by atoms with Gasteiger partial charge in [0, 0.05) is 38.5 Å². The van der Waals surface area contributed by atoms with Crippen LogP contribution in [0.1, 0.15) is 32.4 Å². The van der Waals surface area contributed by atoms with Gasteiger partial charge in [0.2, 0.25) is 5.91 Å². The van der Waals surface area contributed by atoms with Crippen LogP contribution in [0.2, 0.25) is 0 Å². The highest BCUT2D eigenvalue weighted by Crippen LogP contribution is 2.20. The molecule has 0 bridgehead atoms. The molecule has 6 heteroatoms. The van der Waals surface area contributed by atoms with Crippen LogP contribution in [-0.2, 0) is 16.1 Å². The third kappa shape index (κ3) is 4.26. The van der Waals surface area contributed by atoms with Crippen LogP contribution in [0.4, 0.5) is 5.13 Å². The molecule has 1 aromatic heterocycles. The van der Waals surface area contributed by atoms with Crippen LogP contribution >= 0.6 is 11.3 Å². The van der Waals surface area contributed by atoms with Gasteiger partial charge in [-0.25, -0.2) is 4.98 Å². The molecule has 1 amide bonds. The molecule has 1 fully saturated rings. The average Bonchev–Trinajstić information content (AvgIpc) is 2.89. The fraction of sp³-hybridized carbons (Fsp3) is 0.714. The van der Waals surface area contributed by atoms with Gasteiger partial charge in [0.1, 0.15) is 0 Å². The van der Waals surface area contributed by atoms with Gasteiger partial charge in [-0.1, -0.05) is 0 Å². The number of hydrogen-bond donors (Lipinski definition) is 1. The maximum absolute atomic E-state index is 11.5. The standard InChI is InChI=1S/C14H23N3O2S/c1-3-17(11(2)18)14-16-13(10-20-14)8-15-7-12-5-4-6-19-9-12/h10,12,15H,3-9H2,1-2H3. The second kappa shape index (κ2) is 7.71. The van der Waals surface area contributed by atoms with Gasteiger partial charge in [-0.3, -0.25) is 9.69 Å². The van der Waals surface area contributed by atoms with Gasteiger partial charge >= 0.3 is 0 Å². The highest BCUT2D eigenvalue weighted by atomic mass is 32.1. The van der Waals surface area contributed by atoms with E-state index in [9.17, 15) is 4.79 Å². The molecule has 1 aliphatic heterocycles. The normalized spacial score (nSPS) is 19.0. The number of ether oxygens (including phenoxy) is 1. The van der Waals surface area contributed by atoms with Crippen molar-refractivity contribution in [1.29, 1.82) is 0 Å². The summed E-state index contributed by atoms with van der Waals surface area (Å²) in [6, 6.07) is 0. The maximum atomic E-state index is 11.5. The smallest absolute Gasteiger partial charge is 0.225 e. The summed E-state index contributed by atoms with van der Waals surface area (Å²) in [6.07, 6.45) is 2.40. The Morgan fingerprint density at radius 1 is 1.65 bits per heavy atom. The molecule has 5 nitrogen and oxygen atoms in total. The van der Waals surface area contributed by atoms with Crippen molar-refractivity contribution in [3.8, 4) is 0 Å². The second-order valence-corrected chi connectivity index (χ2v) is 5.94. The number of nitrogens with zero attached hydrogens (tertiary/aromatic N) is 2. The summed E-state index contributed by atoms with van der Waals surface area (Å²) in [5.74, 6) is 0.659. The summed E-state index contributed by atoms with van der Waals surface area (Å²) in [6.45, 7) is 7.69. The van der Waals surface area contributed by atoms with Crippen molar-refractivity contribution in [3.05, 3.63) is 11.1 Å². The van der Waals surface area contributed by atoms with Crippen molar-refractivity contribution >= 4 is 22.4 Å². The van der Waals surface area contributed by atoms with E-state index in [1.54, 1.807) is 11.8 Å². The number of nitrogens with one attached hydrogen (secondary N) is 1. The van der Waals surface area contributed by atoms with Crippen molar-refractivity contribution in [3.63, 3.8) is 0 Å². The lowest BCUT2D eigenvalue weighted by Gasteiger charge is -2.22. The first-order valence-corrected chi connectivity index (χ1v) is 8.09. The lowest BCUT2D eigenvalue weighted by Crippen LogP contribution is -2.29. The van der Waals surface area contributed by atoms with E-state index in [0.717, 1.165) is 43.5 Å². The Labute approximate surface area is 124 Å². The van der Waals surface area contributed by atoms with Crippen LogP contribution in [-0.4, -0.2) is 37.2 Å².